The van der Waals surface area contributed by atoms with Crippen molar-refractivity contribution in [2.45, 2.75) is 40.5 Å². The molecule has 2 rings (SSSR count). The molecule has 5 nitrogen and oxygen atoms in total. The van der Waals surface area contributed by atoms with Gasteiger partial charge in [-0.3, -0.25) is 9.69 Å². The Balaban J connectivity index is 1.83. The number of aromatic nitrogens is 1. The van der Waals surface area contributed by atoms with Gasteiger partial charge in [0.15, 0.2) is 0 Å². The molecule has 1 saturated heterocycles. The monoisotopic (exact) mass is 293 g/mol. The minimum Gasteiger partial charge on any atom is -0.361 e. The maximum Gasteiger partial charge on any atom is 0.227 e. The lowest BCUT2D eigenvalue weighted by atomic mass is 10.1. The highest BCUT2D eigenvalue weighted by Gasteiger charge is 2.23. The molecular weight excluding hydrogens is 266 g/mol. The molecule has 2 heterocycles. The molecule has 1 aromatic heterocycles. The molecule has 1 unspecified atom stereocenters. The van der Waals surface area contributed by atoms with Crippen molar-refractivity contribution in [3.63, 3.8) is 0 Å². The van der Waals surface area contributed by atoms with Crippen LogP contribution >= 0.6 is 0 Å². The third-order valence-electron chi connectivity index (χ3n) is 4.50. The van der Waals surface area contributed by atoms with Crippen LogP contribution in [0.25, 0.3) is 0 Å². The summed E-state index contributed by atoms with van der Waals surface area (Å²) in [5, 5.41) is 3.91. The van der Waals surface area contributed by atoms with Crippen LogP contribution in [0.1, 0.15) is 37.3 Å². The maximum absolute atomic E-state index is 12.4. The smallest absolute Gasteiger partial charge is 0.227 e. The number of carbonyl (C=O) groups is 1. The fraction of sp³-hybridized carbons (Fsp3) is 0.750. The molecular formula is C16H27N3O2. The van der Waals surface area contributed by atoms with Gasteiger partial charge in [0.25, 0.3) is 0 Å². The molecule has 1 aromatic rings. The van der Waals surface area contributed by atoms with E-state index in [1.54, 1.807) is 0 Å². The van der Waals surface area contributed by atoms with Crippen molar-refractivity contribution < 1.29 is 9.32 Å². The third-order valence-corrected chi connectivity index (χ3v) is 4.50. The van der Waals surface area contributed by atoms with Gasteiger partial charge in [-0.15, -0.1) is 0 Å². The highest BCUT2D eigenvalue weighted by Crippen LogP contribution is 2.15. The molecule has 0 radical (unpaired) electrons. The quantitative estimate of drug-likeness (QED) is 0.833. The lowest BCUT2D eigenvalue weighted by Crippen LogP contribution is -2.50. The van der Waals surface area contributed by atoms with Gasteiger partial charge in [0.2, 0.25) is 5.91 Å². The van der Waals surface area contributed by atoms with Crippen molar-refractivity contribution in [2.75, 3.05) is 32.7 Å². The Morgan fingerprint density at radius 1 is 1.29 bits per heavy atom. The van der Waals surface area contributed by atoms with Crippen molar-refractivity contribution >= 4 is 5.91 Å². The topological polar surface area (TPSA) is 49.6 Å². The Bertz CT molecular complexity index is 456. The summed E-state index contributed by atoms with van der Waals surface area (Å²) in [6, 6.07) is 0. The summed E-state index contributed by atoms with van der Waals surface area (Å²) in [6.07, 6.45) is 1.62. The zero-order valence-electron chi connectivity index (χ0n) is 13.7. The normalized spacial score (nSPS) is 18.0. The molecule has 0 N–H and O–H groups in total. The summed E-state index contributed by atoms with van der Waals surface area (Å²) >= 11 is 0. The Morgan fingerprint density at radius 3 is 2.48 bits per heavy atom. The van der Waals surface area contributed by atoms with Crippen LogP contribution in [0.4, 0.5) is 0 Å². The number of rotatable bonds is 5. The molecule has 0 aliphatic carbocycles. The van der Waals surface area contributed by atoms with Gasteiger partial charge in [-0.2, -0.15) is 0 Å². The molecule has 1 aliphatic rings. The molecule has 5 heteroatoms. The average molecular weight is 293 g/mol. The van der Waals surface area contributed by atoms with Gasteiger partial charge in [0, 0.05) is 38.3 Å². The number of hydrogen-bond acceptors (Lipinski definition) is 4. The van der Waals surface area contributed by atoms with Crippen LogP contribution in [-0.2, 0) is 11.2 Å². The maximum atomic E-state index is 12.4. The molecule has 0 spiro atoms. The van der Waals surface area contributed by atoms with E-state index in [2.05, 4.69) is 23.9 Å². The van der Waals surface area contributed by atoms with E-state index < -0.39 is 0 Å². The Labute approximate surface area is 127 Å². The van der Waals surface area contributed by atoms with Gasteiger partial charge in [0.05, 0.1) is 12.1 Å². The first-order valence-electron chi connectivity index (χ1n) is 7.93. The number of carbonyl (C=O) groups excluding carboxylic acids is 1. The second kappa shape index (κ2) is 7.07. The van der Waals surface area contributed by atoms with E-state index in [9.17, 15) is 4.79 Å². The van der Waals surface area contributed by atoms with Crippen LogP contribution in [0.3, 0.4) is 0 Å². The van der Waals surface area contributed by atoms with E-state index in [1.165, 1.54) is 6.42 Å². The molecule has 21 heavy (non-hydrogen) atoms. The third kappa shape index (κ3) is 4.06. The SMILES string of the molecule is CCC(C)CN1CCN(C(=O)Cc2c(C)noc2C)CC1. The Morgan fingerprint density at radius 2 is 1.95 bits per heavy atom. The van der Waals surface area contributed by atoms with Gasteiger partial charge in [-0.25, -0.2) is 0 Å². The van der Waals surface area contributed by atoms with Gasteiger partial charge in [-0.05, 0) is 19.8 Å². The van der Waals surface area contributed by atoms with Crippen LogP contribution in [0.2, 0.25) is 0 Å². The number of piperazine rings is 1. The fourth-order valence-corrected chi connectivity index (χ4v) is 2.77. The van der Waals surface area contributed by atoms with Gasteiger partial charge in [0.1, 0.15) is 5.76 Å². The highest BCUT2D eigenvalue weighted by atomic mass is 16.5. The Kier molecular flexibility index (Phi) is 5.39. The molecule has 1 aliphatic heterocycles. The van der Waals surface area contributed by atoms with Crippen molar-refractivity contribution in [2.24, 2.45) is 5.92 Å². The fourth-order valence-electron chi connectivity index (χ4n) is 2.77. The molecule has 1 amide bonds. The first kappa shape index (κ1) is 16.0. The Hall–Kier alpha value is -1.36. The van der Waals surface area contributed by atoms with Crippen molar-refractivity contribution in [1.82, 2.24) is 15.0 Å². The average Bonchev–Trinajstić information content (AvgIpc) is 2.79. The summed E-state index contributed by atoms with van der Waals surface area (Å²) in [6.45, 7) is 13.0. The van der Waals surface area contributed by atoms with E-state index in [-0.39, 0.29) is 5.91 Å². The van der Waals surface area contributed by atoms with Gasteiger partial charge < -0.3 is 9.42 Å². The molecule has 0 aromatic carbocycles. The molecule has 118 valence electrons. The largest absolute Gasteiger partial charge is 0.361 e. The van der Waals surface area contributed by atoms with E-state index >= 15 is 0 Å². The molecule has 0 saturated carbocycles. The zero-order valence-corrected chi connectivity index (χ0v) is 13.7. The van der Waals surface area contributed by atoms with Crippen molar-refractivity contribution in [1.29, 1.82) is 0 Å². The predicted molar refractivity (Wildman–Crippen MR) is 82.2 cm³/mol. The summed E-state index contributed by atoms with van der Waals surface area (Å²) in [7, 11) is 0. The lowest BCUT2D eigenvalue weighted by Gasteiger charge is -2.36. The van der Waals surface area contributed by atoms with E-state index in [0.717, 1.165) is 55.7 Å². The van der Waals surface area contributed by atoms with Crippen LogP contribution in [0.15, 0.2) is 4.52 Å². The van der Waals surface area contributed by atoms with E-state index in [1.807, 2.05) is 18.7 Å². The standard InChI is InChI=1S/C16H27N3O2/c1-5-12(2)11-18-6-8-19(9-7-18)16(20)10-15-13(3)17-21-14(15)4/h12H,5-11H2,1-4H3. The molecule has 1 fully saturated rings. The van der Waals surface area contributed by atoms with E-state index in [0.29, 0.717) is 6.42 Å². The van der Waals surface area contributed by atoms with Crippen molar-refractivity contribution in [3.8, 4) is 0 Å². The van der Waals surface area contributed by atoms with E-state index in [4.69, 9.17) is 4.52 Å². The number of amides is 1. The second-order valence-electron chi connectivity index (χ2n) is 6.17. The molecule has 1 atom stereocenters. The van der Waals surface area contributed by atoms with Crippen molar-refractivity contribution in [3.05, 3.63) is 17.0 Å². The lowest BCUT2D eigenvalue weighted by molar-refractivity contribution is -0.132. The number of hydrogen-bond donors (Lipinski definition) is 0. The molecule has 0 bridgehead atoms. The summed E-state index contributed by atoms with van der Waals surface area (Å²) in [5.74, 6) is 1.68. The van der Waals surface area contributed by atoms with Crippen LogP contribution in [-0.4, -0.2) is 53.6 Å². The highest BCUT2D eigenvalue weighted by molar-refractivity contribution is 5.79. The van der Waals surface area contributed by atoms with Gasteiger partial charge in [-0.1, -0.05) is 25.4 Å². The van der Waals surface area contributed by atoms with Crippen LogP contribution in [0, 0.1) is 19.8 Å². The zero-order chi connectivity index (χ0) is 15.4. The number of nitrogens with zero attached hydrogens (tertiary/aromatic N) is 3. The minimum atomic E-state index is 0.188. The number of aryl methyl sites for hydroxylation is 2. The summed E-state index contributed by atoms with van der Waals surface area (Å²) in [4.78, 5) is 16.8. The first-order valence-corrected chi connectivity index (χ1v) is 7.93. The van der Waals surface area contributed by atoms with Gasteiger partial charge >= 0.3 is 0 Å². The first-order chi connectivity index (χ1) is 10.0. The van der Waals surface area contributed by atoms with Crippen LogP contribution in [0.5, 0.6) is 0 Å². The predicted octanol–water partition coefficient (Wildman–Crippen LogP) is 2.02. The second-order valence-corrected chi connectivity index (χ2v) is 6.17. The summed E-state index contributed by atoms with van der Waals surface area (Å²) in [5.41, 5.74) is 1.78. The summed E-state index contributed by atoms with van der Waals surface area (Å²) < 4.78 is 5.13. The minimum absolute atomic E-state index is 0.188. The van der Waals surface area contributed by atoms with Crippen LogP contribution < -0.4 is 0 Å².